The van der Waals surface area contributed by atoms with Gasteiger partial charge in [-0.25, -0.2) is 4.98 Å². The van der Waals surface area contributed by atoms with Gasteiger partial charge in [-0.3, -0.25) is 0 Å². The minimum Gasteiger partial charge on any atom is -0.481 e. The van der Waals surface area contributed by atoms with Gasteiger partial charge >= 0.3 is 0 Å². The third-order valence-electron chi connectivity index (χ3n) is 3.25. The monoisotopic (exact) mass is 272 g/mol. The Balaban J connectivity index is 1.98. The summed E-state index contributed by atoms with van der Waals surface area (Å²) in [6.45, 7) is 2.92. The molecule has 0 radical (unpaired) electrons. The van der Waals surface area contributed by atoms with E-state index in [-0.39, 0.29) is 12.6 Å². The Morgan fingerprint density at radius 1 is 1.25 bits per heavy atom. The van der Waals surface area contributed by atoms with Crippen molar-refractivity contribution in [2.45, 2.75) is 26.1 Å². The number of rotatable bonds is 6. The van der Waals surface area contributed by atoms with E-state index in [0.29, 0.717) is 5.88 Å². The second-order valence-corrected chi connectivity index (χ2v) is 4.71. The van der Waals surface area contributed by atoms with Crippen molar-refractivity contribution in [1.29, 1.82) is 0 Å². The van der Waals surface area contributed by atoms with Crippen LogP contribution >= 0.6 is 0 Å². The molecule has 4 heteroatoms. The summed E-state index contributed by atoms with van der Waals surface area (Å²) in [5.74, 6) is 0.624. The van der Waals surface area contributed by atoms with E-state index in [1.807, 2.05) is 30.3 Å². The predicted octanol–water partition coefficient (Wildman–Crippen LogP) is 2.43. The number of aliphatic hydroxyl groups excluding tert-OH is 1. The van der Waals surface area contributed by atoms with E-state index in [1.165, 1.54) is 0 Å². The number of aliphatic hydroxyl groups is 1. The quantitative estimate of drug-likeness (QED) is 0.848. The van der Waals surface area contributed by atoms with E-state index in [9.17, 15) is 0 Å². The van der Waals surface area contributed by atoms with Crippen LogP contribution in [-0.2, 0) is 13.2 Å². The first-order valence-electron chi connectivity index (χ1n) is 6.65. The Hall–Kier alpha value is -1.91. The van der Waals surface area contributed by atoms with Gasteiger partial charge in [0, 0.05) is 24.8 Å². The van der Waals surface area contributed by atoms with E-state index in [2.05, 4.69) is 23.3 Å². The zero-order valence-electron chi connectivity index (χ0n) is 11.8. The molecule has 1 heterocycles. The Kier molecular flexibility index (Phi) is 5.09. The molecule has 0 amide bonds. The maximum absolute atomic E-state index is 9.17. The summed E-state index contributed by atoms with van der Waals surface area (Å²) in [5, 5.41) is 12.6. The minimum atomic E-state index is 0.0715. The lowest BCUT2D eigenvalue weighted by atomic mass is 10.1. The predicted molar refractivity (Wildman–Crippen MR) is 78.4 cm³/mol. The Morgan fingerprint density at radius 3 is 2.85 bits per heavy atom. The zero-order valence-corrected chi connectivity index (χ0v) is 11.8. The summed E-state index contributed by atoms with van der Waals surface area (Å²) in [4.78, 5) is 4.09. The number of ether oxygens (including phenoxy) is 1. The second-order valence-electron chi connectivity index (χ2n) is 4.71. The molecule has 1 unspecified atom stereocenters. The third-order valence-corrected chi connectivity index (χ3v) is 3.25. The van der Waals surface area contributed by atoms with Crippen LogP contribution in [0, 0.1) is 0 Å². The van der Waals surface area contributed by atoms with Gasteiger partial charge in [-0.15, -0.1) is 0 Å². The largest absolute Gasteiger partial charge is 0.481 e. The molecule has 2 rings (SSSR count). The van der Waals surface area contributed by atoms with Crippen LogP contribution in [0.15, 0.2) is 42.6 Å². The third kappa shape index (κ3) is 3.79. The van der Waals surface area contributed by atoms with Crippen LogP contribution in [0.2, 0.25) is 0 Å². The fraction of sp³-hybridized carbons (Fsp3) is 0.312. The number of nitrogens with zero attached hydrogens (tertiary/aromatic N) is 1. The molecule has 0 aliphatic carbocycles. The highest BCUT2D eigenvalue weighted by molar-refractivity contribution is 5.26. The molecule has 2 aromatic rings. The molecule has 1 aromatic carbocycles. The topological polar surface area (TPSA) is 54.4 Å². The summed E-state index contributed by atoms with van der Waals surface area (Å²) in [7, 11) is 1.61. The van der Waals surface area contributed by atoms with Gasteiger partial charge in [0.2, 0.25) is 5.88 Å². The molecule has 1 aromatic heterocycles. The average molecular weight is 272 g/mol. The first kappa shape index (κ1) is 14.5. The molecule has 0 fully saturated rings. The van der Waals surface area contributed by atoms with Crippen molar-refractivity contribution < 1.29 is 9.84 Å². The van der Waals surface area contributed by atoms with Gasteiger partial charge < -0.3 is 15.2 Å². The molecule has 0 aliphatic heterocycles. The maximum atomic E-state index is 9.17. The van der Waals surface area contributed by atoms with Crippen LogP contribution in [0.4, 0.5) is 0 Å². The number of nitrogens with one attached hydrogen (secondary N) is 1. The zero-order chi connectivity index (χ0) is 14.4. The molecule has 106 valence electrons. The maximum Gasteiger partial charge on any atom is 0.213 e. The van der Waals surface area contributed by atoms with Gasteiger partial charge in [-0.05, 0) is 29.7 Å². The van der Waals surface area contributed by atoms with Crippen molar-refractivity contribution in [2.24, 2.45) is 0 Å². The van der Waals surface area contributed by atoms with E-state index in [0.717, 1.165) is 23.2 Å². The van der Waals surface area contributed by atoms with Crippen molar-refractivity contribution in [2.75, 3.05) is 7.11 Å². The first-order chi connectivity index (χ1) is 9.72. The standard InChI is InChI=1S/C16H20N2O2/c1-12(15-5-3-4-14(8-15)11-19)18-10-13-6-7-17-16(9-13)20-2/h3-9,12,18-19H,10-11H2,1-2H3. The van der Waals surface area contributed by atoms with Crippen LogP contribution in [-0.4, -0.2) is 17.2 Å². The second kappa shape index (κ2) is 7.03. The van der Waals surface area contributed by atoms with Gasteiger partial charge in [-0.2, -0.15) is 0 Å². The van der Waals surface area contributed by atoms with Gasteiger partial charge in [0.15, 0.2) is 0 Å². The lowest BCUT2D eigenvalue weighted by molar-refractivity contribution is 0.281. The van der Waals surface area contributed by atoms with E-state index in [4.69, 9.17) is 9.84 Å². The highest BCUT2D eigenvalue weighted by Crippen LogP contribution is 2.16. The fourth-order valence-corrected chi connectivity index (χ4v) is 2.02. The molecule has 20 heavy (non-hydrogen) atoms. The summed E-state index contributed by atoms with van der Waals surface area (Å²) < 4.78 is 5.11. The Morgan fingerprint density at radius 2 is 2.10 bits per heavy atom. The van der Waals surface area contributed by atoms with Crippen LogP contribution in [0.1, 0.15) is 29.7 Å². The number of hydrogen-bond donors (Lipinski definition) is 2. The van der Waals surface area contributed by atoms with Gasteiger partial charge in [0.05, 0.1) is 13.7 Å². The van der Waals surface area contributed by atoms with Crippen molar-refractivity contribution in [3.63, 3.8) is 0 Å². The molecule has 0 bridgehead atoms. The highest BCUT2D eigenvalue weighted by Gasteiger charge is 2.06. The number of pyridine rings is 1. The SMILES string of the molecule is COc1cc(CNC(C)c2cccc(CO)c2)ccn1. The molecule has 2 N–H and O–H groups in total. The van der Waals surface area contributed by atoms with E-state index >= 15 is 0 Å². The summed E-state index contributed by atoms with van der Waals surface area (Å²) >= 11 is 0. The smallest absolute Gasteiger partial charge is 0.213 e. The molecule has 0 saturated carbocycles. The number of hydrogen-bond acceptors (Lipinski definition) is 4. The van der Waals surface area contributed by atoms with Gasteiger partial charge in [0.1, 0.15) is 0 Å². The van der Waals surface area contributed by atoms with Crippen molar-refractivity contribution in [3.05, 3.63) is 59.3 Å². The molecule has 4 nitrogen and oxygen atoms in total. The number of benzene rings is 1. The summed E-state index contributed by atoms with van der Waals surface area (Å²) in [6, 6.07) is 12.1. The Bertz CT molecular complexity index is 558. The number of methoxy groups -OCH3 is 1. The van der Waals surface area contributed by atoms with E-state index < -0.39 is 0 Å². The fourth-order valence-electron chi connectivity index (χ4n) is 2.02. The highest BCUT2D eigenvalue weighted by atomic mass is 16.5. The number of aromatic nitrogens is 1. The normalized spacial score (nSPS) is 12.2. The van der Waals surface area contributed by atoms with Crippen LogP contribution < -0.4 is 10.1 Å². The molecular formula is C16H20N2O2. The van der Waals surface area contributed by atoms with Crippen LogP contribution in [0.3, 0.4) is 0 Å². The van der Waals surface area contributed by atoms with Gasteiger partial charge in [0.25, 0.3) is 0 Å². The van der Waals surface area contributed by atoms with E-state index in [1.54, 1.807) is 13.3 Å². The Labute approximate surface area is 119 Å². The minimum absolute atomic E-state index is 0.0715. The van der Waals surface area contributed by atoms with Gasteiger partial charge in [-0.1, -0.05) is 24.3 Å². The molecule has 0 spiro atoms. The van der Waals surface area contributed by atoms with Crippen LogP contribution in [0.25, 0.3) is 0 Å². The van der Waals surface area contributed by atoms with Crippen LogP contribution in [0.5, 0.6) is 5.88 Å². The van der Waals surface area contributed by atoms with Crippen molar-refractivity contribution >= 4 is 0 Å². The molecule has 1 atom stereocenters. The lowest BCUT2D eigenvalue weighted by Gasteiger charge is -2.15. The summed E-state index contributed by atoms with van der Waals surface area (Å²) in [6.07, 6.45) is 1.74. The lowest BCUT2D eigenvalue weighted by Crippen LogP contribution is -2.18. The molecular weight excluding hydrogens is 252 g/mol. The average Bonchev–Trinajstić information content (AvgIpc) is 2.52. The van der Waals surface area contributed by atoms with Crippen molar-refractivity contribution in [1.82, 2.24) is 10.3 Å². The summed E-state index contributed by atoms with van der Waals surface area (Å²) in [5.41, 5.74) is 3.22. The van der Waals surface area contributed by atoms with Crippen molar-refractivity contribution in [3.8, 4) is 5.88 Å². The molecule has 0 aliphatic rings. The molecule has 0 saturated heterocycles. The first-order valence-corrected chi connectivity index (χ1v) is 6.65.